The zero-order valence-electron chi connectivity index (χ0n) is 11.3. The number of carbonyl (C=O) groups excluding carboxylic acids is 2. The smallest absolute Gasteiger partial charge is 0.317 e. The van der Waals surface area contributed by atoms with Gasteiger partial charge in [-0.15, -0.1) is 0 Å². The number of piperazine rings is 1. The summed E-state index contributed by atoms with van der Waals surface area (Å²) in [5.41, 5.74) is 0.0162. The Balaban J connectivity index is 1.94. The molecule has 0 bridgehead atoms. The zero-order chi connectivity index (χ0) is 13.3. The van der Waals surface area contributed by atoms with E-state index in [9.17, 15) is 9.59 Å². The van der Waals surface area contributed by atoms with Crippen LogP contribution in [0.2, 0.25) is 0 Å². The SMILES string of the molecule is CC(C)(C)/C=C/C(=O)N1CCN2C(=O)NCC2C1. The van der Waals surface area contributed by atoms with Crippen molar-refractivity contribution in [3.63, 3.8) is 0 Å². The number of rotatable bonds is 1. The lowest BCUT2D eigenvalue weighted by atomic mass is 9.96. The van der Waals surface area contributed by atoms with Crippen LogP contribution in [-0.2, 0) is 4.79 Å². The van der Waals surface area contributed by atoms with Crippen LogP contribution in [0.25, 0.3) is 0 Å². The van der Waals surface area contributed by atoms with Crippen LogP contribution in [0, 0.1) is 5.41 Å². The van der Waals surface area contributed by atoms with Crippen molar-refractivity contribution in [2.24, 2.45) is 5.41 Å². The highest BCUT2D eigenvalue weighted by atomic mass is 16.2. The lowest BCUT2D eigenvalue weighted by molar-refractivity contribution is -0.128. The molecule has 2 fully saturated rings. The molecule has 0 spiro atoms. The minimum atomic E-state index is -0.00247. The van der Waals surface area contributed by atoms with E-state index in [1.807, 2.05) is 15.9 Å². The summed E-state index contributed by atoms with van der Waals surface area (Å²) in [6.07, 6.45) is 3.58. The van der Waals surface area contributed by atoms with E-state index in [2.05, 4.69) is 26.1 Å². The van der Waals surface area contributed by atoms with Gasteiger partial charge >= 0.3 is 6.03 Å². The predicted octanol–water partition coefficient (Wildman–Crippen LogP) is 0.825. The third-order valence-corrected chi connectivity index (χ3v) is 3.27. The van der Waals surface area contributed by atoms with Crippen LogP contribution in [0.5, 0.6) is 0 Å². The summed E-state index contributed by atoms with van der Waals surface area (Å²) in [6, 6.07) is 0.135. The van der Waals surface area contributed by atoms with Gasteiger partial charge in [0.2, 0.25) is 5.91 Å². The molecule has 1 N–H and O–H groups in total. The van der Waals surface area contributed by atoms with E-state index in [1.54, 1.807) is 6.08 Å². The molecule has 5 nitrogen and oxygen atoms in total. The van der Waals surface area contributed by atoms with Crippen molar-refractivity contribution in [2.45, 2.75) is 26.8 Å². The first-order valence-electron chi connectivity index (χ1n) is 6.39. The van der Waals surface area contributed by atoms with E-state index in [0.717, 1.165) is 0 Å². The fourth-order valence-electron chi connectivity index (χ4n) is 2.23. The normalized spacial score (nSPS) is 24.4. The van der Waals surface area contributed by atoms with Gasteiger partial charge in [-0.2, -0.15) is 0 Å². The highest BCUT2D eigenvalue weighted by molar-refractivity contribution is 5.88. The highest BCUT2D eigenvalue weighted by Crippen LogP contribution is 2.17. The maximum Gasteiger partial charge on any atom is 0.317 e. The number of urea groups is 1. The molecule has 0 aromatic heterocycles. The second-order valence-corrected chi connectivity index (χ2v) is 6.02. The molecule has 0 aromatic carbocycles. The quantitative estimate of drug-likeness (QED) is 0.702. The van der Waals surface area contributed by atoms with Crippen molar-refractivity contribution >= 4 is 11.9 Å². The van der Waals surface area contributed by atoms with Crippen LogP contribution in [0.4, 0.5) is 4.79 Å². The minimum absolute atomic E-state index is 0.00247. The van der Waals surface area contributed by atoms with Crippen molar-refractivity contribution < 1.29 is 9.59 Å². The fraction of sp³-hybridized carbons (Fsp3) is 0.692. The molecule has 18 heavy (non-hydrogen) atoms. The first-order valence-corrected chi connectivity index (χ1v) is 6.39. The van der Waals surface area contributed by atoms with E-state index in [0.29, 0.717) is 26.2 Å². The maximum absolute atomic E-state index is 12.0. The van der Waals surface area contributed by atoms with Crippen molar-refractivity contribution in [3.05, 3.63) is 12.2 Å². The van der Waals surface area contributed by atoms with Crippen LogP contribution in [0.15, 0.2) is 12.2 Å². The lowest BCUT2D eigenvalue weighted by Crippen LogP contribution is -2.53. The Labute approximate surface area is 108 Å². The number of nitrogens with one attached hydrogen (secondary N) is 1. The topological polar surface area (TPSA) is 52.7 Å². The van der Waals surface area contributed by atoms with Gasteiger partial charge in [0, 0.05) is 26.2 Å². The monoisotopic (exact) mass is 251 g/mol. The largest absolute Gasteiger partial charge is 0.336 e. The van der Waals surface area contributed by atoms with Crippen LogP contribution >= 0.6 is 0 Å². The van der Waals surface area contributed by atoms with Crippen LogP contribution < -0.4 is 5.32 Å². The summed E-state index contributed by atoms with van der Waals surface area (Å²) in [4.78, 5) is 27.1. The summed E-state index contributed by atoms with van der Waals surface area (Å²) in [6.45, 7) is 8.72. The molecular weight excluding hydrogens is 230 g/mol. The first-order chi connectivity index (χ1) is 8.37. The Hall–Kier alpha value is -1.52. The molecule has 0 saturated carbocycles. The third-order valence-electron chi connectivity index (χ3n) is 3.27. The van der Waals surface area contributed by atoms with Gasteiger partial charge in [-0.1, -0.05) is 26.8 Å². The second kappa shape index (κ2) is 4.63. The fourth-order valence-corrected chi connectivity index (χ4v) is 2.23. The van der Waals surface area contributed by atoms with Crippen molar-refractivity contribution in [3.8, 4) is 0 Å². The van der Waals surface area contributed by atoms with E-state index >= 15 is 0 Å². The van der Waals surface area contributed by atoms with Gasteiger partial charge in [-0.05, 0) is 11.5 Å². The predicted molar refractivity (Wildman–Crippen MR) is 69.1 cm³/mol. The van der Waals surface area contributed by atoms with Gasteiger partial charge < -0.3 is 15.1 Å². The van der Waals surface area contributed by atoms with Crippen molar-refractivity contribution in [2.75, 3.05) is 26.2 Å². The molecular formula is C13H21N3O2. The third kappa shape index (κ3) is 2.83. The Morgan fingerprint density at radius 2 is 2.11 bits per heavy atom. The standard InChI is InChI=1S/C13H21N3O2/c1-13(2,3)5-4-11(17)15-6-7-16-10(9-15)8-14-12(16)18/h4-5,10H,6-9H2,1-3H3,(H,14,18)/b5-4+. The van der Waals surface area contributed by atoms with Gasteiger partial charge in [0.1, 0.15) is 0 Å². The molecule has 3 amide bonds. The van der Waals surface area contributed by atoms with Gasteiger partial charge in [-0.3, -0.25) is 4.79 Å². The van der Waals surface area contributed by atoms with Crippen molar-refractivity contribution in [1.29, 1.82) is 0 Å². The molecule has 0 aromatic rings. The second-order valence-electron chi connectivity index (χ2n) is 6.02. The molecule has 1 atom stereocenters. The van der Waals surface area contributed by atoms with E-state index in [1.165, 1.54) is 0 Å². The summed E-state index contributed by atoms with van der Waals surface area (Å²) >= 11 is 0. The van der Waals surface area contributed by atoms with Crippen LogP contribution in [-0.4, -0.2) is 54.0 Å². The summed E-state index contributed by atoms with van der Waals surface area (Å²) in [5, 5.41) is 2.81. The number of amides is 3. The van der Waals surface area contributed by atoms with Gasteiger partial charge in [-0.25, -0.2) is 4.79 Å². The molecule has 0 aliphatic carbocycles. The Morgan fingerprint density at radius 3 is 2.78 bits per heavy atom. The first kappa shape index (κ1) is 12.9. The molecule has 100 valence electrons. The number of nitrogens with zero attached hydrogens (tertiary/aromatic N) is 2. The Morgan fingerprint density at radius 1 is 1.39 bits per heavy atom. The average molecular weight is 251 g/mol. The summed E-state index contributed by atoms with van der Waals surface area (Å²) in [5.74, 6) is 0.0453. The van der Waals surface area contributed by atoms with E-state index in [-0.39, 0.29) is 23.4 Å². The van der Waals surface area contributed by atoms with Gasteiger partial charge in [0.05, 0.1) is 6.04 Å². The number of allylic oxidation sites excluding steroid dienone is 1. The molecule has 2 aliphatic rings. The number of fused-ring (bicyclic) bond motifs is 1. The Kier molecular flexibility index (Phi) is 3.32. The molecule has 0 radical (unpaired) electrons. The number of hydrogen-bond donors (Lipinski definition) is 1. The van der Waals surface area contributed by atoms with E-state index in [4.69, 9.17) is 0 Å². The summed E-state index contributed by atoms with van der Waals surface area (Å²) < 4.78 is 0. The minimum Gasteiger partial charge on any atom is -0.336 e. The zero-order valence-corrected chi connectivity index (χ0v) is 11.3. The number of hydrogen-bond acceptors (Lipinski definition) is 2. The van der Waals surface area contributed by atoms with Crippen LogP contribution in [0.1, 0.15) is 20.8 Å². The molecule has 2 rings (SSSR count). The van der Waals surface area contributed by atoms with Gasteiger partial charge in [0.25, 0.3) is 0 Å². The summed E-state index contributed by atoms with van der Waals surface area (Å²) in [7, 11) is 0. The molecule has 1 unspecified atom stereocenters. The lowest BCUT2D eigenvalue weighted by Gasteiger charge is -2.36. The maximum atomic E-state index is 12.0. The van der Waals surface area contributed by atoms with Gasteiger partial charge in [0.15, 0.2) is 0 Å². The number of carbonyl (C=O) groups is 2. The van der Waals surface area contributed by atoms with E-state index < -0.39 is 0 Å². The molecule has 2 saturated heterocycles. The van der Waals surface area contributed by atoms with Crippen molar-refractivity contribution in [1.82, 2.24) is 15.1 Å². The van der Waals surface area contributed by atoms with Crippen LogP contribution in [0.3, 0.4) is 0 Å². The average Bonchev–Trinajstić information content (AvgIpc) is 2.66. The molecule has 5 heteroatoms. The molecule has 2 aliphatic heterocycles. The Bertz CT molecular complexity index is 384. The molecule has 2 heterocycles. The highest BCUT2D eigenvalue weighted by Gasteiger charge is 2.36.